The molecular weight excluding hydrogens is 524 g/mol. The second kappa shape index (κ2) is 16.4. The smallest absolute Gasteiger partial charge is 0 e. The molecular formula is IrPtTiY. The molecule has 2 radical (unpaired) electrons. The quantitative estimate of drug-likeness (QED) is 0.392. The van der Waals surface area contributed by atoms with Gasteiger partial charge in [-0.1, -0.05) is 0 Å². The van der Waals surface area contributed by atoms with Crippen LogP contribution in [0.4, 0.5) is 0 Å². The van der Waals surface area contributed by atoms with Crippen LogP contribution in [0.15, 0.2) is 0 Å². The molecule has 0 atom stereocenters. The van der Waals surface area contributed by atoms with Gasteiger partial charge in [-0.25, -0.2) is 0 Å². The van der Waals surface area contributed by atoms with Gasteiger partial charge in [0.1, 0.15) is 0 Å². The molecule has 0 aliphatic rings. The van der Waals surface area contributed by atoms with E-state index >= 15 is 0 Å². The normalized spacial score (nSPS) is 0. The van der Waals surface area contributed by atoms with Gasteiger partial charge in [0.05, 0.1) is 0 Å². The zero-order chi connectivity index (χ0) is 0. The van der Waals surface area contributed by atoms with Gasteiger partial charge >= 0.3 is 0 Å². The van der Waals surface area contributed by atoms with E-state index in [1.807, 2.05) is 0 Å². The topological polar surface area (TPSA) is 0 Å². The largest absolute Gasteiger partial charge is 0 e. The summed E-state index contributed by atoms with van der Waals surface area (Å²) in [4.78, 5) is 0. The van der Waals surface area contributed by atoms with E-state index in [1.54, 1.807) is 0 Å². The van der Waals surface area contributed by atoms with Crippen LogP contribution >= 0.6 is 0 Å². The van der Waals surface area contributed by atoms with Crippen LogP contribution in [0.1, 0.15) is 0 Å². The average molecular weight is 524 g/mol. The third kappa shape index (κ3) is 8.94. The Morgan fingerprint density at radius 3 is 1.00 bits per heavy atom. The van der Waals surface area contributed by atoms with Crippen molar-refractivity contribution in [2.75, 3.05) is 0 Å². The Bertz CT molecular complexity index is 8.00. The van der Waals surface area contributed by atoms with E-state index in [0.29, 0.717) is 0 Å². The molecule has 0 aromatic rings. The van der Waals surface area contributed by atoms with Gasteiger partial charge in [0.25, 0.3) is 0 Å². The fourth-order valence-electron chi connectivity index (χ4n) is 0. The fourth-order valence-corrected chi connectivity index (χ4v) is 0. The molecule has 0 saturated heterocycles. The summed E-state index contributed by atoms with van der Waals surface area (Å²) in [6.07, 6.45) is 0. The molecule has 0 aromatic heterocycles. The third-order valence-corrected chi connectivity index (χ3v) is 0. The van der Waals surface area contributed by atoms with Gasteiger partial charge in [-0.15, -0.1) is 0 Å². The summed E-state index contributed by atoms with van der Waals surface area (Å²) in [5.74, 6) is 0. The number of hydrogen-bond donors (Lipinski definition) is 0. The molecule has 0 amide bonds. The summed E-state index contributed by atoms with van der Waals surface area (Å²) in [6.45, 7) is 0. The Kier molecular flexibility index (Phi) is 112. The van der Waals surface area contributed by atoms with E-state index in [2.05, 4.69) is 0 Å². The Labute approximate surface area is 93.6 Å². The first-order chi connectivity index (χ1) is 0. The Morgan fingerprint density at radius 2 is 1.00 bits per heavy atom. The molecule has 4 heteroatoms. The van der Waals surface area contributed by atoms with Crippen molar-refractivity contribution in [1.29, 1.82) is 0 Å². The minimum absolute atomic E-state index is 0. The van der Waals surface area contributed by atoms with Crippen molar-refractivity contribution in [2.45, 2.75) is 0 Å². The van der Waals surface area contributed by atoms with E-state index in [9.17, 15) is 0 Å². The van der Waals surface area contributed by atoms with Gasteiger partial charge in [-0.2, -0.15) is 0 Å². The molecule has 0 unspecified atom stereocenters. The maximum absolute atomic E-state index is 0. The van der Waals surface area contributed by atoms with Gasteiger partial charge in [-0.05, 0) is 0 Å². The van der Waals surface area contributed by atoms with Crippen LogP contribution in [0, 0.1) is 0 Å². The predicted octanol–water partition coefficient (Wildman–Crippen LogP) is -0.0100. The first kappa shape index (κ1) is 27.2. The maximum Gasteiger partial charge on any atom is 0 e. The van der Waals surface area contributed by atoms with Crippen LogP contribution < -0.4 is 0 Å². The van der Waals surface area contributed by atoms with E-state index in [0.717, 1.165) is 0 Å². The van der Waals surface area contributed by atoms with Gasteiger partial charge in [-0.3, -0.25) is 0 Å². The third-order valence-electron chi connectivity index (χ3n) is 0. The van der Waals surface area contributed by atoms with E-state index in [1.165, 1.54) is 0 Å². The fraction of sp³-hybridized carbons (Fsp3) is 0. The van der Waals surface area contributed by atoms with Gasteiger partial charge in [0.2, 0.25) is 0 Å². The van der Waals surface area contributed by atoms with Gasteiger partial charge in [0.15, 0.2) is 0 Å². The van der Waals surface area contributed by atoms with Crippen molar-refractivity contribution in [3.05, 3.63) is 0 Å². The van der Waals surface area contributed by atoms with E-state index in [4.69, 9.17) is 0 Å². The zero-order valence-electron chi connectivity index (χ0n) is 1.73. The Morgan fingerprint density at radius 1 is 1.00 bits per heavy atom. The summed E-state index contributed by atoms with van der Waals surface area (Å²) in [7, 11) is 0. The molecule has 0 saturated carbocycles. The summed E-state index contributed by atoms with van der Waals surface area (Å²) < 4.78 is 0. The predicted molar refractivity (Wildman–Crippen MR) is 0 cm³/mol. The summed E-state index contributed by atoms with van der Waals surface area (Å²) >= 11 is 0. The van der Waals surface area contributed by atoms with Crippen molar-refractivity contribution in [2.24, 2.45) is 0 Å². The molecule has 0 aromatic carbocycles. The van der Waals surface area contributed by atoms with Crippen molar-refractivity contribution < 1.29 is 95.6 Å². The summed E-state index contributed by atoms with van der Waals surface area (Å²) in [5.41, 5.74) is 0. The average Bonchev–Trinajstić information content (AvgIpc) is 0. The van der Waals surface area contributed by atoms with Crippen LogP contribution in [0.5, 0.6) is 0 Å². The summed E-state index contributed by atoms with van der Waals surface area (Å²) in [6, 6.07) is 0. The first-order valence-electron chi connectivity index (χ1n) is 0. The Balaban J connectivity index is 0. The molecule has 26 valence electrons. The van der Waals surface area contributed by atoms with Gasteiger partial charge < -0.3 is 0 Å². The standard InChI is InChI=1S/Ir.Pt.Ti.Y. The molecule has 0 fully saturated rings. The van der Waals surface area contributed by atoms with Crippen LogP contribution in [-0.4, -0.2) is 0 Å². The monoisotopic (exact) mass is 525 g/mol. The molecule has 0 nitrogen and oxygen atoms in total. The molecule has 0 N–H and O–H groups in total. The van der Waals surface area contributed by atoms with E-state index in [-0.39, 0.29) is 95.6 Å². The Hall–Kier alpha value is 3.16. The second-order valence-electron chi connectivity index (χ2n) is 0. The van der Waals surface area contributed by atoms with Crippen molar-refractivity contribution >= 4 is 0 Å². The molecule has 0 aliphatic carbocycles. The van der Waals surface area contributed by atoms with Crippen molar-refractivity contribution in [1.82, 2.24) is 0 Å². The molecule has 0 aliphatic heterocycles. The minimum Gasteiger partial charge on any atom is 0 e. The number of rotatable bonds is 0. The summed E-state index contributed by atoms with van der Waals surface area (Å²) in [5, 5.41) is 0. The molecule has 0 bridgehead atoms. The van der Waals surface area contributed by atoms with Crippen molar-refractivity contribution in [3.8, 4) is 0 Å². The second-order valence-corrected chi connectivity index (χ2v) is 0. The van der Waals surface area contributed by atoms with Crippen LogP contribution in [-0.2, 0) is 95.6 Å². The van der Waals surface area contributed by atoms with Crippen molar-refractivity contribution in [3.63, 3.8) is 0 Å². The minimum atomic E-state index is 0. The van der Waals surface area contributed by atoms with Gasteiger partial charge in [0, 0.05) is 95.6 Å². The molecule has 0 spiro atoms. The van der Waals surface area contributed by atoms with Crippen LogP contribution in [0.25, 0.3) is 0 Å². The van der Waals surface area contributed by atoms with Crippen LogP contribution in [0.3, 0.4) is 0 Å². The SMILES string of the molecule is [Ir].[Pt].[Ti].[Y]. The first-order valence-corrected chi connectivity index (χ1v) is 0. The zero-order valence-corrected chi connectivity index (χ0v) is 10.8. The maximum atomic E-state index is 0. The molecule has 4 heavy (non-hydrogen) atoms. The number of hydrogen-bond acceptors (Lipinski definition) is 0. The molecule has 0 rings (SSSR count). The van der Waals surface area contributed by atoms with Crippen LogP contribution in [0.2, 0.25) is 0 Å². The van der Waals surface area contributed by atoms with E-state index < -0.39 is 0 Å². The molecule has 0 heterocycles.